The van der Waals surface area contributed by atoms with Crippen molar-refractivity contribution in [2.24, 2.45) is 11.8 Å². The number of amides is 4. The van der Waals surface area contributed by atoms with E-state index in [-0.39, 0.29) is 42.9 Å². The summed E-state index contributed by atoms with van der Waals surface area (Å²) in [5.74, 6) is -1.70. The van der Waals surface area contributed by atoms with Crippen LogP contribution in [-0.2, 0) is 30.5 Å². The van der Waals surface area contributed by atoms with Crippen LogP contribution in [0.1, 0.15) is 63.8 Å². The summed E-state index contributed by atoms with van der Waals surface area (Å²) in [6.07, 6.45) is 4.61. The predicted molar refractivity (Wildman–Crippen MR) is 178 cm³/mol. The Bertz CT molecular complexity index is 1610. The maximum atomic E-state index is 14.2. The Balaban J connectivity index is 1.49. The molecule has 2 aromatic heterocycles. The minimum Gasteiger partial charge on any atom is -0.497 e. The zero-order chi connectivity index (χ0) is 36.4. The van der Waals surface area contributed by atoms with E-state index in [1.165, 1.54) is 23.5 Å². The van der Waals surface area contributed by atoms with Gasteiger partial charge < -0.3 is 39.6 Å². The normalized spacial score (nSPS) is 17.6. The van der Waals surface area contributed by atoms with Gasteiger partial charge in [0.1, 0.15) is 42.5 Å². The number of carbonyl (C=O) groups excluding carboxylic acids is 5. The van der Waals surface area contributed by atoms with Gasteiger partial charge in [0.25, 0.3) is 11.8 Å². The van der Waals surface area contributed by atoms with Crippen LogP contribution in [0.2, 0.25) is 0 Å². The lowest BCUT2D eigenvalue weighted by Gasteiger charge is -2.32. The van der Waals surface area contributed by atoms with Crippen LogP contribution < -0.4 is 20.7 Å². The fourth-order valence-corrected chi connectivity index (χ4v) is 5.38. The van der Waals surface area contributed by atoms with E-state index in [1.807, 2.05) is 0 Å². The van der Waals surface area contributed by atoms with Crippen LogP contribution in [0.3, 0.4) is 0 Å². The Morgan fingerprint density at radius 2 is 1.74 bits per heavy atom. The standard InChI is InChI=1S/C34H44N8O8/c1-7-22(17-43)37-31(45)26-14-24(49-18-27-38-33(50-41-27)21-8-10-23(48-6)11-9-21)16-42(26)34(47)29(20(4)5)40-32(46)28(19(2)3)39-30(44)25-15-35-12-13-36-25/h8-13,15,17,19-20,22,24,26,28-29H,7,14,16,18H2,1-6H3,(H,37,45)(H,39,44)(H,40,46)/t22-,24+,26-,28-,29-/m0/s1. The highest BCUT2D eigenvalue weighted by atomic mass is 16.5. The van der Waals surface area contributed by atoms with Gasteiger partial charge in [-0.05, 0) is 42.5 Å². The number of nitrogens with zero attached hydrogens (tertiary/aromatic N) is 5. The van der Waals surface area contributed by atoms with Gasteiger partial charge in [-0.1, -0.05) is 39.8 Å². The number of aromatic nitrogens is 4. The van der Waals surface area contributed by atoms with Crippen molar-refractivity contribution in [1.82, 2.24) is 41.0 Å². The van der Waals surface area contributed by atoms with Gasteiger partial charge in [0, 0.05) is 30.9 Å². The highest BCUT2D eigenvalue weighted by molar-refractivity contribution is 5.98. The van der Waals surface area contributed by atoms with Crippen molar-refractivity contribution in [3.05, 3.63) is 54.4 Å². The molecule has 1 fully saturated rings. The molecular weight excluding hydrogens is 648 g/mol. The van der Waals surface area contributed by atoms with Crippen LogP contribution in [0.25, 0.3) is 11.5 Å². The van der Waals surface area contributed by atoms with Gasteiger partial charge in [-0.25, -0.2) is 4.98 Å². The van der Waals surface area contributed by atoms with Crippen molar-refractivity contribution in [3.63, 3.8) is 0 Å². The number of aldehydes is 1. The van der Waals surface area contributed by atoms with E-state index >= 15 is 0 Å². The first kappa shape index (κ1) is 37.6. The first-order valence-electron chi connectivity index (χ1n) is 16.5. The molecule has 1 aliphatic rings. The molecule has 0 unspecified atom stereocenters. The topological polar surface area (TPSA) is 208 Å². The summed E-state index contributed by atoms with van der Waals surface area (Å²) in [6, 6.07) is 3.32. The minimum atomic E-state index is -1.05. The molecule has 50 heavy (non-hydrogen) atoms. The van der Waals surface area contributed by atoms with E-state index in [0.717, 1.165) is 0 Å². The number of nitrogens with one attached hydrogen (secondary N) is 3. The lowest BCUT2D eigenvalue weighted by atomic mass is 9.98. The zero-order valence-electron chi connectivity index (χ0n) is 29.0. The first-order chi connectivity index (χ1) is 23.9. The molecule has 0 spiro atoms. The molecule has 1 aromatic carbocycles. The molecule has 0 saturated carbocycles. The second-order valence-electron chi connectivity index (χ2n) is 12.6. The average Bonchev–Trinajstić information content (AvgIpc) is 3.78. The highest BCUT2D eigenvalue weighted by Crippen LogP contribution is 2.25. The number of rotatable bonds is 16. The van der Waals surface area contributed by atoms with Crippen molar-refractivity contribution in [3.8, 4) is 17.2 Å². The monoisotopic (exact) mass is 692 g/mol. The van der Waals surface area contributed by atoms with Crippen LogP contribution in [0, 0.1) is 11.8 Å². The summed E-state index contributed by atoms with van der Waals surface area (Å²) in [5, 5.41) is 12.2. The van der Waals surface area contributed by atoms with Gasteiger partial charge in [-0.3, -0.25) is 24.2 Å². The number of methoxy groups -OCH3 is 1. The molecule has 3 N–H and O–H groups in total. The number of benzene rings is 1. The summed E-state index contributed by atoms with van der Waals surface area (Å²) in [5.41, 5.74) is 0.729. The molecule has 1 saturated heterocycles. The quantitative estimate of drug-likeness (QED) is 0.183. The third-order valence-electron chi connectivity index (χ3n) is 8.30. The van der Waals surface area contributed by atoms with Gasteiger partial charge in [0.2, 0.25) is 17.7 Å². The van der Waals surface area contributed by atoms with Crippen molar-refractivity contribution >= 4 is 29.9 Å². The van der Waals surface area contributed by atoms with Gasteiger partial charge in [0.15, 0.2) is 5.82 Å². The highest BCUT2D eigenvalue weighted by Gasteiger charge is 2.44. The van der Waals surface area contributed by atoms with Crippen LogP contribution in [0.5, 0.6) is 5.75 Å². The van der Waals surface area contributed by atoms with E-state index in [9.17, 15) is 24.0 Å². The zero-order valence-corrected chi connectivity index (χ0v) is 29.0. The molecule has 4 amide bonds. The first-order valence-corrected chi connectivity index (χ1v) is 16.5. The molecule has 3 heterocycles. The fourth-order valence-electron chi connectivity index (χ4n) is 5.38. The number of ether oxygens (including phenoxy) is 2. The molecule has 4 rings (SSSR count). The number of likely N-dealkylation sites (tertiary alicyclic amines) is 1. The summed E-state index contributed by atoms with van der Waals surface area (Å²) in [4.78, 5) is 79.2. The SMILES string of the molecule is CC[C@@H](C=O)NC(=O)[C@@H]1C[C@@H](OCc2noc(-c3ccc(OC)cc3)n2)CN1C(=O)[C@@H](NC(=O)[C@@H](NC(=O)c1cnccn1)C(C)C)C(C)C. The van der Waals surface area contributed by atoms with E-state index < -0.39 is 59.8 Å². The number of carbonyl (C=O) groups is 5. The molecule has 268 valence electrons. The summed E-state index contributed by atoms with van der Waals surface area (Å²) < 4.78 is 16.7. The third-order valence-corrected chi connectivity index (χ3v) is 8.30. The lowest BCUT2D eigenvalue weighted by Crippen LogP contribution is -2.59. The maximum absolute atomic E-state index is 14.2. The second kappa shape index (κ2) is 17.4. The van der Waals surface area contributed by atoms with E-state index in [1.54, 1.807) is 66.0 Å². The molecule has 1 aliphatic heterocycles. The molecule has 5 atom stereocenters. The molecule has 0 radical (unpaired) electrons. The second-order valence-corrected chi connectivity index (χ2v) is 12.6. The van der Waals surface area contributed by atoms with Crippen LogP contribution >= 0.6 is 0 Å². The molecule has 3 aromatic rings. The molecular formula is C34H44N8O8. The molecule has 16 heteroatoms. The largest absolute Gasteiger partial charge is 0.497 e. The average molecular weight is 693 g/mol. The molecule has 0 aliphatic carbocycles. The summed E-state index contributed by atoms with van der Waals surface area (Å²) in [6.45, 7) is 8.77. The summed E-state index contributed by atoms with van der Waals surface area (Å²) in [7, 11) is 1.57. The number of hydrogen-bond donors (Lipinski definition) is 3. The number of hydrogen-bond acceptors (Lipinski definition) is 12. The van der Waals surface area contributed by atoms with Gasteiger partial charge in [-0.2, -0.15) is 4.98 Å². The fraction of sp³-hybridized carbons (Fsp3) is 0.500. The van der Waals surface area contributed by atoms with Crippen LogP contribution in [-0.4, -0.2) is 98.8 Å². The lowest BCUT2D eigenvalue weighted by molar-refractivity contribution is -0.143. The predicted octanol–water partition coefficient (Wildman–Crippen LogP) is 1.71. The Morgan fingerprint density at radius 3 is 2.34 bits per heavy atom. The van der Waals surface area contributed by atoms with Gasteiger partial charge in [0.05, 0.1) is 25.5 Å². The van der Waals surface area contributed by atoms with Crippen molar-refractivity contribution < 1.29 is 38.0 Å². The Kier molecular flexibility index (Phi) is 13.1. The Labute approximate surface area is 290 Å². The van der Waals surface area contributed by atoms with Gasteiger partial charge in [-0.15, -0.1) is 0 Å². The Hall–Kier alpha value is -5.25. The minimum absolute atomic E-state index is 0.0219. The van der Waals surface area contributed by atoms with E-state index in [0.29, 0.717) is 24.0 Å². The van der Waals surface area contributed by atoms with Crippen LogP contribution in [0.4, 0.5) is 0 Å². The summed E-state index contributed by atoms with van der Waals surface area (Å²) >= 11 is 0. The Morgan fingerprint density at radius 1 is 1.02 bits per heavy atom. The van der Waals surface area contributed by atoms with Crippen molar-refractivity contribution in [2.45, 2.75) is 84.3 Å². The van der Waals surface area contributed by atoms with Crippen LogP contribution in [0.15, 0.2) is 47.4 Å². The third kappa shape index (κ3) is 9.46. The maximum Gasteiger partial charge on any atom is 0.272 e. The van der Waals surface area contributed by atoms with E-state index in [2.05, 4.69) is 36.1 Å². The van der Waals surface area contributed by atoms with E-state index in [4.69, 9.17) is 14.0 Å². The smallest absolute Gasteiger partial charge is 0.272 e. The van der Waals surface area contributed by atoms with Crippen molar-refractivity contribution in [1.29, 1.82) is 0 Å². The van der Waals surface area contributed by atoms with Gasteiger partial charge >= 0.3 is 0 Å². The molecule has 0 bridgehead atoms. The van der Waals surface area contributed by atoms with Crippen molar-refractivity contribution in [2.75, 3.05) is 13.7 Å². The molecule has 16 nitrogen and oxygen atoms in total.